The van der Waals surface area contributed by atoms with E-state index in [1.54, 1.807) is 18.4 Å². The first-order valence-electron chi connectivity index (χ1n) is 9.47. The monoisotopic (exact) mass is 527 g/mol. The van der Waals surface area contributed by atoms with Gasteiger partial charge in [0.05, 0.1) is 12.2 Å². The van der Waals surface area contributed by atoms with E-state index in [2.05, 4.69) is 61.9 Å². The van der Waals surface area contributed by atoms with Crippen LogP contribution in [0.5, 0.6) is 0 Å². The van der Waals surface area contributed by atoms with Crippen LogP contribution in [0.3, 0.4) is 0 Å². The zero-order valence-corrected chi connectivity index (χ0v) is 20.8. The number of methoxy groups -OCH3 is 1. The molecule has 1 unspecified atom stereocenters. The van der Waals surface area contributed by atoms with E-state index in [0.29, 0.717) is 6.54 Å². The van der Waals surface area contributed by atoms with Gasteiger partial charge in [0.1, 0.15) is 11.1 Å². The number of halogens is 1. The molecule has 2 heterocycles. The van der Waals surface area contributed by atoms with Gasteiger partial charge in [-0.2, -0.15) is 0 Å². The van der Waals surface area contributed by atoms with Crippen LogP contribution in [-0.2, 0) is 17.7 Å². The summed E-state index contributed by atoms with van der Waals surface area (Å²) in [5, 5.41) is 7.84. The molecule has 0 aliphatic carbocycles. The topological polar surface area (TPSA) is 65.5 Å². The Morgan fingerprint density at radius 1 is 1.41 bits per heavy atom. The number of rotatable bonds is 7. The standard InChI is InChI=1S/C21H29N5OS.HI/c1-14-6-7-18-16(11-24-19(18)10-14)8-9-23-21(22-3)26(4)12-17-13-28-20(25-17)15(2)27-5;/h6-7,10-11,13,15,24H,8-9,12H2,1-5H3,(H,22,23);1H. The lowest BCUT2D eigenvalue weighted by atomic mass is 10.1. The second kappa shape index (κ2) is 10.9. The zero-order valence-electron chi connectivity index (χ0n) is 17.7. The van der Waals surface area contributed by atoms with Gasteiger partial charge in [-0.3, -0.25) is 4.99 Å². The van der Waals surface area contributed by atoms with Crippen molar-refractivity contribution in [1.29, 1.82) is 0 Å². The summed E-state index contributed by atoms with van der Waals surface area (Å²) in [5.74, 6) is 0.866. The number of guanidine groups is 1. The number of thiazole rings is 1. The highest BCUT2D eigenvalue weighted by Crippen LogP contribution is 2.21. The molecule has 0 aliphatic rings. The van der Waals surface area contributed by atoms with E-state index in [1.165, 1.54) is 22.0 Å². The Hall–Kier alpha value is -1.65. The van der Waals surface area contributed by atoms with Crippen LogP contribution in [0.1, 0.15) is 34.9 Å². The van der Waals surface area contributed by atoms with Gasteiger partial charge in [0.25, 0.3) is 0 Å². The number of nitrogens with zero attached hydrogens (tertiary/aromatic N) is 3. The first kappa shape index (κ1) is 23.6. The molecule has 2 aromatic heterocycles. The van der Waals surface area contributed by atoms with Crippen LogP contribution < -0.4 is 5.32 Å². The van der Waals surface area contributed by atoms with E-state index in [9.17, 15) is 0 Å². The van der Waals surface area contributed by atoms with Crippen molar-refractivity contribution in [3.8, 4) is 0 Å². The summed E-state index contributed by atoms with van der Waals surface area (Å²) >= 11 is 1.64. The molecule has 1 atom stereocenters. The lowest BCUT2D eigenvalue weighted by Gasteiger charge is -2.21. The molecule has 158 valence electrons. The van der Waals surface area contributed by atoms with Crippen LogP contribution in [0.15, 0.2) is 34.8 Å². The van der Waals surface area contributed by atoms with Crippen LogP contribution in [0.25, 0.3) is 10.9 Å². The molecule has 0 saturated heterocycles. The fourth-order valence-corrected chi connectivity index (χ4v) is 4.04. The molecule has 0 spiro atoms. The Bertz CT molecular complexity index is 952. The van der Waals surface area contributed by atoms with E-state index in [0.717, 1.165) is 29.6 Å². The van der Waals surface area contributed by atoms with Gasteiger partial charge in [-0.1, -0.05) is 12.1 Å². The minimum atomic E-state index is 0. The van der Waals surface area contributed by atoms with Crippen molar-refractivity contribution in [2.45, 2.75) is 32.9 Å². The third kappa shape index (κ3) is 5.93. The van der Waals surface area contributed by atoms with Crippen LogP contribution in [0, 0.1) is 6.92 Å². The Kier molecular flexibility index (Phi) is 8.91. The number of nitrogens with one attached hydrogen (secondary N) is 2. The Morgan fingerprint density at radius 3 is 2.93 bits per heavy atom. The smallest absolute Gasteiger partial charge is 0.193 e. The third-order valence-corrected chi connectivity index (χ3v) is 5.90. The highest BCUT2D eigenvalue weighted by atomic mass is 127. The van der Waals surface area contributed by atoms with Crippen LogP contribution in [-0.4, -0.2) is 48.6 Å². The number of fused-ring (bicyclic) bond motifs is 1. The highest BCUT2D eigenvalue weighted by Gasteiger charge is 2.13. The summed E-state index contributed by atoms with van der Waals surface area (Å²) in [6, 6.07) is 6.54. The fraction of sp³-hybridized carbons (Fsp3) is 0.429. The third-order valence-electron chi connectivity index (χ3n) is 4.84. The van der Waals surface area contributed by atoms with Crippen molar-refractivity contribution in [3.63, 3.8) is 0 Å². The summed E-state index contributed by atoms with van der Waals surface area (Å²) in [5.41, 5.74) is 4.81. The average molecular weight is 527 g/mol. The molecule has 3 aromatic rings. The number of ether oxygens (including phenoxy) is 1. The van der Waals surface area contributed by atoms with Gasteiger partial charge in [0.15, 0.2) is 5.96 Å². The minimum absolute atomic E-state index is 0. The predicted octanol–water partition coefficient (Wildman–Crippen LogP) is 4.51. The molecule has 0 radical (unpaired) electrons. The van der Waals surface area contributed by atoms with Crippen LogP contribution in [0.4, 0.5) is 0 Å². The first-order chi connectivity index (χ1) is 13.5. The Labute approximate surface area is 193 Å². The number of benzene rings is 1. The molecule has 8 heteroatoms. The summed E-state index contributed by atoms with van der Waals surface area (Å²) < 4.78 is 5.34. The SMILES string of the molecule is CN=C(NCCc1c[nH]c2cc(C)ccc12)N(C)Cc1csc(C(C)OC)n1.I. The summed E-state index contributed by atoms with van der Waals surface area (Å²) in [7, 11) is 5.55. The van der Waals surface area contributed by atoms with E-state index in [4.69, 9.17) is 4.74 Å². The van der Waals surface area contributed by atoms with Gasteiger partial charge in [0, 0.05) is 50.2 Å². The number of aromatic nitrogens is 2. The summed E-state index contributed by atoms with van der Waals surface area (Å²) in [4.78, 5) is 14.5. The van der Waals surface area contributed by atoms with Gasteiger partial charge >= 0.3 is 0 Å². The fourth-order valence-electron chi connectivity index (χ4n) is 3.20. The number of aromatic amines is 1. The molecule has 0 amide bonds. The predicted molar refractivity (Wildman–Crippen MR) is 133 cm³/mol. The van der Waals surface area contributed by atoms with Crippen LogP contribution >= 0.6 is 35.3 Å². The average Bonchev–Trinajstić information content (AvgIpc) is 3.31. The largest absolute Gasteiger partial charge is 0.375 e. The maximum atomic E-state index is 5.34. The van der Waals surface area contributed by atoms with Gasteiger partial charge in [-0.25, -0.2) is 4.98 Å². The van der Waals surface area contributed by atoms with Gasteiger partial charge in [-0.15, -0.1) is 35.3 Å². The minimum Gasteiger partial charge on any atom is -0.375 e. The van der Waals surface area contributed by atoms with Crippen LogP contribution in [0.2, 0.25) is 0 Å². The lowest BCUT2D eigenvalue weighted by molar-refractivity contribution is 0.119. The number of aryl methyl sites for hydroxylation is 1. The van der Waals surface area contributed by atoms with Gasteiger partial charge in [0.2, 0.25) is 0 Å². The van der Waals surface area contributed by atoms with Crippen molar-refractivity contribution < 1.29 is 4.74 Å². The molecule has 0 saturated carbocycles. The Morgan fingerprint density at radius 2 is 2.21 bits per heavy atom. The number of hydrogen-bond donors (Lipinski definition) is 2. The van der Waals surface area contributed by atoms with Crippen molar-refractivity contribution >= 4 is 52.2 Å². The molecule has 2 N–H and O–H groups in total. The molecular formula is C21H30IN5OS. The van der Waals surface area contributed by atoms with Crippen molar-refractivity contribution in [2.24, 2.45) is 4.99 Å². The second-order valence-electron chi connectivity index (χ2n) is 7.00. The Balaban J connectivity index is 0.00000300. The van der Waals surface area contributed by atoms with Gasteiger partial charge < -0.3 is 19.9 Å². The first-order valence-corrected chi connectivity index (χ1v) is 10.3. The second-order valence-corrected chi connectivity index (χ2v) is 7.89. The number of hydrogen-bond acceptors (Lipinski definition) is 4. The maximum absolute atomic E-state index is 5.34. The summed E-state index contributed by atoms with van der Waals surface area (Å²) in [6.07, 6.45) is 3.06. The molecule has 0 aliphatic heterocycles. The van der Waals surface area contributed by atoms with Crippen molar-refractivity contribution in [1.82, 2.24) is 20.2 Å². The normalized spacial score (nSPS) is 12.7. The maximum Gasteiger partial charge on any atom is 0.193 e. The molecular weight excluding hydrogens is 497 g/mol. The molecule has 0 bridgehead atoms. The molecule has 3 rings (SSSR count). The molecule has 29 heavy (non-hydrogen) atoms. The lowest BCUT2D eigenvalue weighted by Crippen LogP contribution is -2.39. The number of aliphatic imine (C=N–C) groups is 1. The molecule has 0 fully saturated rings. The van der Waals surface area contributed by atoms with E-state index < -0.39 is 0 Å². The summed E-state index contributed by atoms with van der Waals surface area (Å²) in [6.45, 7) is 5.65. The van der Waals surface area contributed by atoms with E-state index >= 15 is 0 Å². The van der Waals surface area contributed by atoms with E-state index in [1.807, 2.05) is 21.0 Å². The highest BCUT2D eigenvalue weighted by molar-refractivity contribution is 14.0. The zero-order chi connectivity index (χ0) is 20.1. The van der Waals surface area contributed by atoms with E-state index in [-0.39, 0.29) is 30.1 Å². The quantitative estimate of drug-likeness (QED) is 0.270. The van der Waals surface area contributed by atoms with Gasteiger partial charge in [-0.05, 0) is 37.5 Å². The van der Waals surface area contributed by atoms with Crippen molar-refractivity contribution in [2.75, 3.05) is 27.7 Å². The number of H-pyrrole nitrogens is 1. The van der Waals surface area contributed by atoms with Crippen molar-refractivity contribution in [3.05, 3.63) is 51.6 Å². The molecule has 6 nitrogen and oxygen atoms in total. The molecule has 1 aromatic carbocycles.